The summed E-state index contributed by atoms with van der Waals surface area (Å²) in [5.74, 6) is 0.705. The number of fused-ring (bicyclic) bond motifs is 1. The van der Waals surface area contributed by atoms with Crippen molar-refractivity contribution in [1.82, 2.24) is 15.5 Å². The third kappa shape index (κ3) is 2.75. The molecular formula is C17H22N4O. The lowest BCUT2D eigenvalue weighted by Gasteiger charge is -2.18. The van der Waals surface area contributed by atoms with E-state index in [9.17, 15) is 4.79 Å². The Hall–Kier alpha value is -2.17. The number of carbonyl (C=O) groups excluding carboxylic acids is 1. The summed E-state index contributed by atoms with van der Waals surface area (Å²) < 4.78 is 0. The second kappa shape index (κ2) is 6.30. The van der Waals surface area contributed by atoms with E-state index >= 15 is 0 Å². The SMILES string of the molecule is CCN(C)c1nnc(C(=O)NC2CCCC2)c2ccccc12. The van der Waals surface area contributed by atoms with Crippen LogP contribution < -0.4 is 10.2 Å². The van der Waals surface area contributed by atoms with Gasteiger partial charge in [-0.2, -0.15) is 0 Å². The number of hydrogen-bond donors (Lipinski definition) is 1. The predicted octanol–water partition coefficient (Wildman–Crippen LogP) is 2.76. The molecule has 22 heavy (non-hydrogen) atoms. The summed E-state index contributed by atoms with van der Waals surface area (Å²) in [7, 11) is 1.98. The third-order valence-corrected chi connectivity index (χ3v) is 4.41. The average molecular weight is 298 g/mol. The van der Waals surface area contributed by atoms with E-state index in [1.807, 2.05) is 36.2 Å². The number of nitrogens with zero attached hydrogens (tertiary/aromatic N) is 3. The summed E-state index contributed by atoms with van der Waals surface area (Å²) in [6, 6.07) is 8.13. The van der Waals surface area contributed by atoms with Gasteiger partial charge in [0.2, 0.25) is 0 Å². The Morgan fingerprint density at radius 1 is 1.23 bits per heavy atom. The Bertz CT molecular complexity index is 679. The van der Waals surface area contributed by atoms with Gasteiger partial charge in [0.05, 0.1) is 0 Å². The van der Waals surface area contributed by atoms with E-state index in [1.165, 1.54) is 12.8 Å². The fraction of sp³-hybridized carbons (Fsp3) is 0.471. The average Bonchev–Trinajstić information content (AvgIpc) is 3.06. The van der Waals surface area contributed by atoms with E-state index in [4.69, 9.17) is 0 Å². The van der Waals surface area contributed by atoms with Gasteiger partial charge >= 0.3 is 0 Å². The zero-order valence-electron chi connectivity index (χ0n) is 13.2. The molecule has 1 aromatic carbocycles. The van der Waals surface area contributed by atoms with Gasteiger partial charge in [0.1, 0.15) is 0 Å². The Kier molecular flexibility index (Phi) is 4.22. The smallest absolute Gasteiger partial charge is 0.272 e. The molecule has 1 aromatic heterocycles. The number of nitrogens with one attached hydrogen (secondary N) is 1. The number of rotatable bonds is 4. The highest BCUT2D eigenvalue weighted by Gasteiger charge is 2.21. The van der Waals surface area contributed by atoms with Crippen LogP contribution in [-0.4, -0.2) is 35.7 Å². The molecule has 5 heteroatoms. The third-order valence-electron chi connectivity index (χ3n) is 4.41. The summed E-state index contributed by atoms with van der Waals surface area (Å²) in [5, 5.41) is 13.4. The van der Waals surface area contributed by atoms with E-state index in [-0.39, 0.29) is 11.9 Å². The molecule has 1 fully saturated rings. The largest absolute Gasteiger partial charge is 0.358 e. The summed E-state index contributed by atoms with van der Waals surface area (Å²) >= 11 is 0. The molecule has 0 aliphatic heterocycles. The molecule has 2 aromatic rings. The van der Waals surface area contributed by atoms with Crippen LogP contribution in [0.3, 0.4) is 0 Å². The van der Waals surface area contributed by atoms with Gasteiger partial charge in [-0.15, -0.1) is 10.2 Å². The summed E-state index contributed by atoms with van der Waals surface area (Å²) in [4.78, 5) is 14.6. The Morgan fingerprint density at radius 2 is 1.91 bits per heavy atom. The molecule has 0 radical (unpaired) electrons. The summed E-state index contributed by atoms with van der Waals surface area (Å²) in [6.45, 7) is 2.91. The maximum atomic E-state index is 12.5. The normalized spacial score (nSPS) is 15.2. The van der Waals surface area contributed by atoms with Gasteiger partial charge in [-0.25, -0.2) is 0 Å². The summed E-state index contributed by atoms with van der Waals surface area (Å²) in [5.41, 5.74) is 0.427. The van der Waals surface area contributed by atoms with Crippen LogP contribution in [0, 0.1) is 0 Å². The highest BCUT2D eigenvalue weighted by molar-refractivity contribution is 6.07. The Balaban J connectivity index is 1.98. The number of amides is 1. The molecule has 1 N–H and O–H groups in total. The maximum Gasteiger partial charge on any atom is 0.272 e. The number of hydrogen-bond acceptors (Lipinski definition) is 4. The van der Waals surface area contributed by atoms with Gasteiger partial charge in [0.25, 0.3) is 5.91 Å². The number of benzene rings is 1. The van der Waals surface area contributed by atoms with Gasteiger partial charge in [-0.1, -0.05) is 37.1 Å². The molecule has 0 atom stereocenters. The molecule has 0 bridgehead atoms. The van der Waals surface area contributed by atoms with Crippen molar-refractivity contribution in [2.45, 2.75) is 38.6 Å². The van der Waals surface area contributed by atoms with Crippen molar-refractivity contribution in [3.8, 4) is 0 Å². The second-order valence-corrected chi connectivity index (χ2v) is 5.89. The standard InChI is InChI=1S/C17H22N4O/c1-3-21(2)16-14-11-7-6-10-13(14)15(19-20-16)17(22)18-12-8-4-5-9-12/h6-7,10-12H,3-5,8-9H2,1-2H3,(H,18,22). The molecule has 1 aliphatic carbocycles. The summed E-state index contributed by atoms with van der Waals surface area (Å²) in [6.07, 6.45) is 4.51. The topological polar surface area (TPSA) is 58.1 Å². The van der Waals surface area contributed by atoms with Crippen molar-refractivity contribution in [3.63, 3.8) is 0 Å². The van der Waals surface area contributed by atoms with Crippen LogP contribution in [0.2, 0.25) is 0 Å². The monoisotopic (exact) mass is 298 g/mol. The first-order valence-corrected chi connectivity index (χ1v) is 7.98. The van der Waals surface area contributed by atoms with E-state index in [0.29, 0.717) is 5.69 Å². The van der Waals surface area contributed by atoms with Crippen LogP contribution >= 0.6 is 0 Å². The highest BCUT2D eigenvalue weighted by Crippen LogP contribution is 2.25. The van der Waals surface area contributed by atoms with Crippen molar-refractivity contribution in [2.75, 3.05) is 18.5 Å². The van der Waals surface area contributed by atoms with E-state index < -0.39 is 0 Å². The minimum absolute atomic E-state index is 0.110. The van der Waals surface area contributed by atoms with Gasteiger partial charge in [-0.05, 0) is 19.8 Å². The number of anilines is 1. The van der Waals surface area contributed by atoms with E-state index in [2.05, 4.69) is 22.4 Å². The molecule has 1 aliphatic rings. The quantitative estimate of drug-likeness (QED) is 0.943. The maximum absolute atomic E-state index is 12.5. The zero-order chi connectivity index (χ0) is 15.5. The molecule has 1 amide bonds. The first kappa shape index (κ1) is 14.8. The van der Waals surface area contributed by atoms with E-state index in [0.717, 1.165) is 36.0 Å². The van der Waals surface area contributed by atoms with Crippen molar-refractivity contribution in [2.24, 2.45) is 0 Å². The molecule has 0 spiro atoms. The van der Waals surface area contributed by atoms with Crippen LogP contribution in [0.1, 0.15) is 43.1 Å². The molecule has 0 unspecified atom stereocenters. The van der Waals surface area contributed by atoms with Crippen LogP contribution in [0.25, 0.3) is 10.8 Å². The fourth-order valence-corrected chi connectivity index (χ4v) is 3.01. The van der Waals surface area contributed by atoms with Crippen molar-refractivity contribution in [3.05, 3.63) is 30.0 Å². The molecule has 116 valence electrons. The van der Waals surface area contributed by atoms with Crippen molar-refractivity contribution in [1.29, 1.82) is 0 Å². The van der Waals surface area contributed by atoms with Crippen molar-refractivity contribution < 1.29 is 4.79 Å². The van der Waals surface area contributed by atoms with Gasteiger partial charge in [-0.3, -0.25) is 4.79 Å². The first-order chi connectivity index (χ1) is 10.7. The van der Waals surface area contributed by atoms with Crippen LogP contribution in [0.5, 0.6) is 0 Å². The second-order valence-electron chi connectivity index (χ2n) is 5.89. The van der Waals surface area contributed by atoms with Gasteiger partial charge in [0.15, 0.2) is 11.5 Å². The lowest BCUT2D eigenvalue weighted by Crippen LogP contribution is -2.33. The molecule has 0 saturated heterocycles. The Labute approximate surface area is 130 Å². The Morgan fingerprint density at radius 3 is 2.59 bits per heavy atom. The van der Waals surface area contributed by atoms with Crippen LogP contribution in [0.4, 0.5) is 5.82 Å². The predicted molar refractivity (Wildman–Crippen MR) is 88.2 cm³/mol. The molecule has 5 nitrogen and oxygen atoms in total. The minimum atomic E-state index is -0.110. The van der Waals surface area contributed by atoms with Crippen LogP contribution in [0.15, 0.2) is 24.3 Å². The van der Waals surface area contributed by atoms with Crippen LogP contribution in [-0.2, 0) is 0 Å². The number of aromatic nitrogens is 2. The van der Waals surface area contributed by atoms with E-state index in [1.54, 1.807) is 0 Å². The molecular weight excluding hydrogens is 276 g/mol. The lowest BCUT2D eigenvalue weighted by atomic mass is 10.1. The fourth-order valence-electron chi connectivity index (χ4n) is 3.01. The molecule has 3 rings (SSSR count). The van der Waals surface area contributed by atoms with Crippen molar-refractivity contribution >= 4 is 22.5 Å². The van der Waals surface area contributed by atoms with Gasteiger partial charge in [0, 0.05) is 30.4 Å². The first-order valence-electron chi connectivity index (χ1n) is 7.98. The zero-order valence-corrected chi connectivity index (χ0v) is 13.2. The molecule has 1 saturated carbocycles. The minimum Gasteiger partial charge on any atom is -0.358 e. The number of carbonyl (C=O) groups is 1. The molecule has 1 heterocycles. The lowest BCUT2D eigenvalue weighted by molar-refractivity contribution is 0.0934. The highest BCUT2D eigenvalue weighted by atomic mass is 16.2. The van der Waals surface area contributed by atoms with Gasteiger partial charge < -0.3 is 10.2 Å².